The van der Waals surface area contributed by atoms with Crippen molar-refractivity contribution in [1.82, 2.24) is 5.32 Å². The van der Waals surface area contributed by atoms with Gasteiger partial charge in [0, 0.05) is 18.2 Å². The molecule has 100 valence electrons. The van der Waals surface area contributed by atoms with E-state index in [1.807, 2.05) is 13.8 Å². The van der Waals surface area contributed by atoms with Crippen LogP contribution in [0.25, 0.3) is 0 Å². The van der Waals surface area contributed by atoms with Crippen molar-refractivity contribution in [2.75, 3.05) is 20.3 Å². The van der Waals surface area contributed by atoms with Gasteiger partial charge in [0.2, 0.25) is 0 Å². The van der Waals surface area contributed by atoms with Crippen LogP contribution in [0.4, 0.5) is 0 Å². The van der Waals surface area contributed by atoms with Gasteiger partial charge in [-0.25, -0.2) is 0 Å². The lowest BCUT2D eigenvalue weighted by molar-refractivity contribution is -0.124. The molecule has 1 amide bonds. The number of ether oxygens (including phenoxy) is 2. The standard InChI is InChI=1S/C13H18ClNO3/c1-9-6-11(14)4-5-12(9)18-8-13(16)15-10(2)7-17-3/h4-6,10H,7-8H2,1-3H3,(H,15,16)/t10-/m0/s1. The van der Waals surface area contributed by atoms with E-state index in [2.05, 4.69) is 5.32 Å². The summed E-state index contributed by atoms with van der Waals surface area (Å²) < 4.78 is 10.4. The maximum absolute atomic E-state index is 11.6. The molecule has 5 heteroatoms. The Balaban J connectivity index is 2.42. The molecule has 0 radical (unpaired) electrons. The first kappa shape index (κ1) is 14.8. The second kappa shape index (κ2) is 7.24. The molecule has 0 heterocycles. The Morgan fingerprint density at radius 3 is 2.83 bits per heavy atom. The number of carbonyl (C=O) groups excluding carboxylic acids is 1. The van der Waals surface area contributed by atoms with Gasteiger partial charge in [-0.2, -0.15) is 0 Å². The van der Waals surface area contributed by atoms with Crippen LogP contribution in [0, 0.1) is 6.92 Å². The minimum Gasteiger partial charge on any atom is -0.484 e. The van der Waals surface area contributed by atoms with E-state index in [0.29, 0.717) is 17.4 Å². The van der Waals surface area contributed by atoms with Crippen molar-refractivity contribution in [2.45, 2.75) is 19.9 Å². The molecule has 1 aromatic carbocycles. The first-order valence-electron chi connectivity index (χ1n) is 5.70. The van der Waals surface area contributed by atoms with E-state index in [1.54, 1.807) is 25.3 Å². The third kappa shape index (κ3) is 4.94. The summed E-state index contributed by atoms with van der Waals surface area (Å²) in [7, 11) is 1.59. The van der Waals surface area contributed by atoms with Crippen LogP contribution in [-0.4, -0.2) is 32.3 Å². The summed E-state index contributed by atoms with van der Waals surface area (Å²) in [6.07, 6.45) is 0. The summed E-state index contributed by atoms with van der Waals surface area (Å²) in [4.78, 5) is 11.6. The first-order valence-corrected chi connectivity index (χ1v) is 6.08. The SMILES string of the molecule is COC[C@H](C)NC(=O)COc1ccc(Cl)cc1C. The van der Waals surface area contributed by atoms with Crippen LogP contribution in [-0.2, 0) is 9.53 Å². The van der Waals surface area contributed by atoms with Crippen molar-refractivity contribution in [1.29, 1.82) is 0 Å². The number of hydrogen-bond acceptors (Lipinski definition) is 3. The number of benzene rings is 1. The number of methoxy groups -OCH3 is 1. The van der Waals surface area contributed by atoms with Gasteiger partial charge in [0.1, 0.15) is 5.75 Å². The Kier molecular flexibility index (Phi) is 5.95. The van der Waals surface area contributed by atoms with Crippen LogP contribution in [0.3, 0.4) is 0 Å². The molecule has 18 heavy (non-hydrogen) atoms. The highest BCUT2D eigenvalue weighted by molar-refractivity contribution is 6.30. The molecule has 1 N–H and O–H groups in total. The van der Waals surface area contributed by atoms with E-state index in [-0.39, 0.29) is 18.6 Å². The average Bonchev–Trinajstić information content (AvgIpc) is 2.28. The number of amides is 1. The highest BCUT2D eigenvalue weighted by Crippen LogP contribution is 2.21. The molecule has 0 aromatic heterocycles. The maximum atomic E-state index is 11.6. The molecule has 0 unspecified atom stereocenters. The van der Waals surface area contributed by atoms with E-state index in [0.717, 1.165) is 5.56 Å². The predicted octanol–water partition coefficient (Wildman–Crippen LogP) is 2.18. The summed E-state index contributed by atoms with van der Waals surface area (Å²) in [6.45, 7) is 4.21. The molecular weight excluding hydrogens is 254 g/mol. The summed E-state index contributed by atoms with van der Waals surface area (Å²) in [5.41, 5.74) is 0.903. The molecule has 1 aromatic rings. The minimum absolute atomic E-state index is 0.0173. The fraction of sp³-hybridized carbons (Fsp3) is 0.462. The van der Waals surface area contributed by atoms with Crippen molar-refractivity contribution in [2.24, 2.45) is 0 Å². The number of aryl methyl sites for hydroxylation is 1. The zero-order chi connectivity index (χ0) is 13.5. The molecule has 0 spiro atoms. The lowest BCUT2D eigenvalue weighted by Gasteiger charge is -2.14. The Morgan fingerprint density at radius 2 is 2.22 bits per heavy atom. The van der Waals surface area contributed by atoms with Gasteiger partial charge >= 0.3 is 0 Å². The molecular formula is C13H18ClNO3. The van der Waals surface area contributed by atoms with Crippen LogP contribution < -0.4 is 10.1 Å². The largest absolute Gasteiger partial charge is 0.484 e. The number of rotatable bonds is 6. The first-order chi connectivity index (χ1) is 8.52. The summed E-state index contributed by atoms with van der Waals surface area (Å²) >= 11 is 5.83. The zero-order valence-corrected chi connectivity index (χ0v) is 11.6. The van der Waals surface area contributed by atoms with Gasteiger partial charge in [-0.05, 0) is 37.6 Å². The Hall–Kier alpha value is -1.26. The van der Waals surface area contributed by atoms with Crippen LogP contribution in [0.2, 0.25) is 5.02 Å². The van der Waals surface area contributed by atoms with Crippen molar-refractivity contribution < 1.29 is 14.3 Å². The number of carbonyl (C=O) groups is 1. The van der Waals surface area contributed by atoms with Crippen LogP contribution in [0.1, 0.15) is 12.5 Å². The fourth-order valence-electron chi connectivity index (χ4n) is 1.53. The van der Waals surface area contributed by atoms with E-state index < -0.39 is 0 Å². The lowest BCUT2D eigenvalue weighted by atomic mass is 10.2. The van der Waals surface area contributed by atoms with Crippen LogP contribution in [0.5, 0.6) is 5.75 Å². The van der Waals surface area contributed by atoms with E-state index in [4.69, 9.17) is 21.1 Å². The van der Waals surface area contributed by atoms with E-state index >= 15 is 0 Å². The molecule has 0 bridgehead atoms. The van der Waals surface area contributed by atoms with Crippen molar-refractivity contribution >= 4 is 17.5 Å². The molecule has 0 aliphatic heterocycles. The average molecular weight is 272 g/mol. The van der Waals surface area contributed by atoms with Crippen molar-refractivity contribution in [3.63, 3.8) is 0 Å². The number of hydrogen-bond donors (Lipinski definition) is 1. The smallest absolute Gasteiger partial charge is 0.258 e. The van der Waals surface area contributed by atoms with Gasteiger partial charge < -0.3 is 14.8 Å². The minimum atomic E-state index is -0.172. The van der Waals surface area contributed by atoms with Crippen LogP contribution >= 0.6 is 11.6 Å². The van der Waals surface area contributed by atoms with Gasteiger partial charge in [-0.15, -0.1) is 0 Å². The zero-order valence-electron chi connectivity index (χ0n) is 10.8. The lowest BCUT2D eigenvalue weighted by Crippen LogP contribution is -2.38. The van der Waals surface area contributed by atoms with Crippen molar-refractivity contribution in [3.05, 3.63) is 28.8 Å². The Labute approximate surface area is 112 Å². The van der Waals surface area contributed by atoms with Gasteiger partial charge in [0.05, 0.1) is 6.61 Å². The molecule has 1 rings (SSSR count). The van der Waals surface area contributed by atoms with Gasteiger partial charge in [-0.1, -0.05) is 11.6 Å². The van der Waals surface area contributed by atoms with Crippen LogP contribution in [0.15, 0.2) is 18.2 Å². The highest BCUT2D eigenvalue weighted by Gasteiger charge is 2.08. The summed E-state index contributed by atoms with van der Waals surface area (Å²) in [5.74, 6) is 0.489. The van der Waals surface area contributed by atoms with Gasteiger partial charge in [0.25, 0.3) is 5.91 Å². The monoisotopic (exact) mass is 271 g/mol. The van der Waals surface area contributed by atoms with Crippen molar-refractivity contribution in [3.8, 4) is 5.75 Å². The molecule has 4 nitrogen and oxygen atoms in total. The normalized spacial score (nSPS) is 12.0. The molecule has 0 saturated carbocycles. The number of halogens is 1. The second-order valence-electron chi connectivity index (χ2n) is 4.12. The Morgan fingerprint density at radius 1 is 1.50 bits per heavy atom. The topological polar surface area (TPSA) is 47.6 Å². The maximum Gasteiger partial charge on any atom is 0.258 e. The van der Waals surface area contributed by atoms with Gasteiger partial charge in [0.15, 0.2) is 6.61 Å². The Bertz CT molecular complexity index is 409. The highest BCUT2D eigenvalue weighted by atomic mass is 35.5. The van der Waals surface area contributed by atoms with E-state index in [1.165, 1.54) is 0 Å². The third-order valence-corrected chi connectivity index (χ3v) is 2.55. The summed E-state index contributed by atoms with van der Waals surface area (Å²) in [6, 6.07) is 5.25. The molecule has 0 aliphatic rings. The second-order valence-corrected chi connectivity index (χ2v) is 4.56. The molecule has 1 atom stereocenters. The fourth-order valence-corrected chi connectivity index (χ4v) is 1.75. The van der Waals surface area contributed by atoms with E-state index in [9.17, 15) is 4.79 Å². The molecule has 0 fully saturated rings. The van der Waals surface area contributed by atoms with Gasteiger partial charge in [-0.3, -0.25) is 4.79 Å². The third-order valence-electron chi connectivity index (χ3n) is 2.32. The molecule has 0 saturated heterocycles. The summed E-state index contributed by atoms with van der Waals surface area (Å²) in [5, 5.41) is 3.42. The quantitative estimate of drug-likeness (QED) is 0.863. The predicted molar refractivity (Wildman–Crippen MR) is 71.2 cm³/mol. The number of nitrogens with one attached hydrogen (secondary N) is 1. The molecule has 0 aliphatic carbocycles.